The van der Waals surface area contributed by atoms with E-state index in [9.17, 15) is 10.1 Å². The molecule has 3 aromatic heterocycles. The Kier molecular flexibility index (Phi) is 7.40. The Bertz CT molecular complexity index is 1830. The molecule has 0 saturated carbocycles. The van der Waals surface area contributed by atoms with Crippen molar-refractivity contribution < 1.29 is 9.66 Å². The Balaban J connectivity index is 1.44. The number of anilines is 3. The minimum Gasteiger partial charge on any atom is -0.494 e. The Labute approximate surface area is 248 Å². The monoisotopic (exact) mass is 582 g/mol. The van der Waals surface area contributed by atoms with E-state index >= 15 is 0 Å². The molecule has 43 heavy (non-hydrogen) atoms. The summed E-state index contributed by atoms with van der Waals surface area (Å²) in [6.45, 7) is 2.21. The lowest BCUT2D eigenvalue weighted by Crippen LogP contribution is -2.28. The molecule has 0 atom stereocenters. The molecule has 13 nitrogen and oxygen atoms in total. The molecule has 0 saturated heterocycles. The summed E-state index contributed by atoms with van der Waals surface area (Å²) in [7, 11) is 9.18. The van der Waals surface area contributed by atoms with Crippen molar-refractivity contribution in [3.63, 3.8) is 0 Å². The molecule has 5 aromatic rings. The summed E-state index contributed by atoms with van der Waals surface area (Å²) in [6.07, 6.45) is 5.28. The van der Waals surface area contributed by atoms with Crippen LogP contribution in [0, 0.1) is 10.1 Å². The second kappa shape index (κ2) is 11.3. The molecule has 0 amide bonds. The van der Waals surface area contributed by atoms with Crippen LogP contribution in [0.25, 0.3) is 33.7 Å². The van der Waals surface area contributed by atoms with E-state index in [1.807, 2.05) is 44.1 Å². The minimum absolute atomic E-state index is 0.0423. The van der Waals surface area contributed by atoms with Crippen LogP contribution in [0.5, 0.6) is 5.75 Å². The second-order valence-corrected chi connectivity index (χ2v) is 10.9. The summed E-state index contributed by atoms with van der Waals surface area (Å²) in [5, 5.41) is 20.7. The number of para-hydroxylation sites is 1. The number of hydrogen-bond donors (Lipinski definition) is 1. The summed E-state index contributed by atoms with van der Waals surface area (Å²) in [5.41, 5.74) is 5.88. The van der Waals surface area contributed by atoms with Crippen molar-refractivity contribution in [3.8, 4) is 28.5 Å². The van der Waals surface area contributed by atoms with Crippen LogP contribution in [0.3, 0.4) is 0 Å². The van der Waals surface area contributed by atoms with Crippen LogP contribution in [0.4, 0.5) is 23.0 Å². The number of benzene rings is 2. The topological polar surface area (TPSA) is 132 Å². The van der Waals surface area contributed by atoms with Crippen LogP contribution >= 0.6 is 0 Å². The van der Waals surface area contributed by atoms with Crippen molar-refractivity contribution in [2.45, 2.75) is 19.4 Å². The summed E-state index contributed by atoms with van der Waals surface area (Å²) in [5.74, 6) is 1.48. The van der Waals surface area contributed by atoms with Crippen LogP contribution in [0.15, 0.2) is 48.9 Å². The number of likely N-dealkylation sites (N-methyl/N-ethyl adjacent to an activating group) is 2. The highest BCUT2D eigenvalue weighted by Gasteiger charge is 2.28. The Morgan fingerprint density at radius 2 is 1.98 bits per heavy atom. The molecule has 2 aromatic carbocycles. The number of nitrogens with zero attached hydrogens (tertiary/aromatic N) is 9. The van der Waals surface area contributed by atoms with Crippen LogP contribution in [0.2, 0.25) is 0 Å². The highest BCUT2D eigenvalue weighted by molar-refractivity contribution is 6.04. The van der Waals surface area contributed by atoms with Crippen molar-refractivity contribution in [1.82, 2.24) is 34.2 Å². The highest BCUT2D eigenvalue weighted by atomic mass is 16.6. The first-order valence-electron chi connectivity index (χ1n) is 14.1. The van der Waals surface area contributed by atoms with Crippen molar-refractivity contribution in [1.29, 1.82) is 0 Å². The third-order valence-electron chi connectivity index (χ3n) is 7.86. The molecule has 6 rings (SSSR count). The number of ether oxygens (including phenoxy) is 1. The van der Waals surface area contributed by atoms with E-state index in [-0.39, 0.29) is 16.6 Å². The lowest BCUT2D eigenvalue weighted by molar-refractivity contribution is -0.384. The predicted molar refractivity (Wildman–Crippen MR) is 166 cm³/mol. The largest absolute Gasteiger partial charge is 0.494 e. The Morgan fingerprint density at radius 1 is 1.14 bits per heavy atom. The van der Waals surface area contributed by atoms with Crippen LogP contribution in [-0.4, -0.2) is 80.5 Å². The quantitative estimate of drug-likeness (QED) is 0.185. The van der Waals surface area contributed by atoms with E-state index in [1.165, 1.54) is 24.3 Å². The number of hydrogen-bond acceptors (Lipinski definition) is 10. The third-order valence-corrected chi connectivity index (χ3v) is 7.86. The maximum absolute atomic E-state index is 12.1. The van der Waals surface area contributed by atoms with Crippen molar-refractivity contribution in [2.75, 3.05) is 51.6 Å². The maximum atomic E-state index is 12.1. The van der Waals surface area contributed by atoms with Crippen LogP contribution in [-0.2, 0) is 20.0 Å². The van der Waals surface area contributed by atoms with E-state index in [2.05, 4.69) is 43.1 Å². The van der Waals surface area contributed by atoms with Crippen molar-refractivity contribution in [2.24, 2.45) is 7.05 Å². The van der Waals surface area contributed by atoms with Crippen LogP contribution in [0.1, 0.15) is 12.0 Å². The zero-order chi connectivity index (χ0) is 30.2. The lowest BCUT2D eigenvalue weighted by Gasteiger charge is -2.22. The number of rotatable bonds is 10. The van der Waals surface area contributed by atoms with E-state index < -0.39 is 0 Å². The zero-order valence-corrected chi connectivity index (χ0v) is 24.9. The second-order valence-electron chi connectivity index (χ2n) is 10.9. The fourth-order valence-corrected chi connectivity index (χ4v) is 5.77. The first-order valence-corrected chi connectivity index (χ1v) is 14.1. The van der Waals surface area contributed by atoms with E-state index in [0.717, 1.165) is 48.4 Å². The van der Waals surface area contributed by atoms with Gasteiger partial charge in [0.25, 0.3) is 5.69 Å². The van der Waals surface area contributed by atoms with Gasteiger partial charge in [-0.15, -0.1) is 0 Å². The minimum atomic E-state index is -0.384. The standard InChI is InChI=1S/C30H34N10O3/c1-36(2)14-15-37(3)23-17-25(43-5)22(16-24(23)40(41)42)35-30-31-12-11-21(34-30)26-20-10-6-8-19-9-7-13-39(27(19)20)28(26)29-32-18-33-38(29)4/h6,8,10-12,16-18H,7,9,13-15H2,1-5H3,(H,31,34,35). The molecule has 0 fully saturated rings. The van der Waals surface area contributed by atoms with Gasteiger partial charge in [-0.25, -0.2) is 19.6 Å². The molecule has 0 spiro atoms. The number of aryl methyl sites for hydroxylation is 3. The Hall–Kier alpha value is -5.04. The van der Waals surface area contributed by atoms with Gasteiger partial charge in [-0.05, 0) is 38.6 Å². The number of methoxy groups -OCH3 is 1. The van der Waals surface area contributed by atoms with Crippen molar-refractivity contribution in [3.05, 3.63) is 64.6 Å². The molecule has 1 N–H and O–H groups in total. The molecular weight excluding hydrogens is 548 g/mol. The molecule has 1 aliphatic heterocycles. The smallest absolute Gasteiger partial charge is 0.294 e. The number of nitro benzene ring substituents is 1. The normalized spacial score (nSPS) is 12.6. The summed E-state index contributed by atoms with van der Waals surface area (Å²) >= 11 is 0. The van der Waals surface area contributed by atoms with Gasteiger partial charge in [0.1, 0.15) is 17.8 Å². The van der Waals surface area contributed by atoms with Gasteiger partial charge in [-0.3, -0.25) is 10.1 Å². The fourth-order valence-electron chi connectivity index (χ4n) is 5.77. The molecular formula is C30H34N10O3. The van der Waals surface area contributed by atoms with E-state index in [1.54, 1.807) is 23.3 Å². The first kappa shape index (κ1) is 28.1. The number of nitrogens with one attached hydrogen (secondary N) is 1. The molecule has 4 heterocycles. The zero-order valence-electron chi connectivity index (χ0n) is 24.9. The van der Waals surface area contributed by atoms with Gasteiger partial charge in [0, 0.05) is 63.0 Å². The number of aromatic nitrogens is 6. The van der Waals surface area contributed by atoms with Gasteiger partial charge in [-0.2, -0.15) is 5.10 Å². The van der Waals surface area contributed by atoms with Gasteiger partial charge < -0.3 is 24.4 Å². The average molecular weight is 583 g/mol. The molecule has 222 valence electrons. The molecule has 13 heteroatoms. The van der Waals surface area contributed by atoms with Gasteiger partial charge in [-0.1, -0.05) is 18.2 Å². The van der Waals surface area contributed by atoms with Gasteiger partial charge in [0.15, 0.2) is 5.82 Å². The van der Waals surface area contributed by atoms with E-state index in [0.29, 0.717) is 29.4 Å². The molecule has 0 unspecified atom stereocenters. The SMILES string of the molecule is COc1cc(N(C)CCN(C)C)c([N+](=O)[O-])cc1Nc1nccc(-c2c(-c3ncnn3C)n3c4c(cccc24)CCC3)n1. The number of nitro groups is 1. The van der Waals surface area contributed by atoms with Gasteiger partial charge in [0.2, 0.25) is 5.95 Å². The predicted octanol–water partition coefficient (Wildman–Crippen LogP) is 4.50. The highest BCUT2D eigenvalue weighted by Crippen LogP contribution is 2.43. The van der Waals surface area contributed by atoms with Crippen molar-refractivity contribution >= 4 is 33.9 Å². The van der Waals surface area contributed by atoms with Crippen LogP contribution < -0.4 is 15.0 Å². The average Bonchev–Trinajstić information content (AvgIpc) is 3.57. The summed E-state index contributed by atoms with van der Waals surface area (Å²) < 4.78 is 9.76. The molecule has 0 bridgehead atoms. The fraction of sp³-hybridized carbons (Fsp3) is 0.333. The molecule has 0 radical (unpaired) electrons. The third kappa shape index (κ3) is 5.12. The molecule has 0 aliphatic carbocycles. The lowest BCUT2D eigenvalue weighted by atomic mass is 10.0. The molecule has 1 aliphatic rings. The summed E-state index contributed by atoms with van der Waals surface area (Å²) in [6, 6.07) is 11.4. The Morgan fingerprint density at radius 3 is 2.70 bits per heavy atom. The van der Waals surface area contributed by atoms with Gasteiger partial charge in [0.05, 0.1) is 34.6 Å². The first-order chi connectivity index (χ1) is 20.8. The van der Waals surface area contributed by atoms with E-state index in [4.69, 9.17) is 9.72 Å². The maximum Gasteiger partial charge on any atom is 0.294 e. The summed E-state index contributed by atoms with van der Waals surface area (Å²) in [4.78, 5) is 29.6. The van der Waals surface area contributed by atoms with Gasteiger partial charge >= 0.3 is 0 Å².